The lowest BCUT2D eigenvalue weighted by Gasteiger charge is -2.34. The van der Waals surface area contributed by atoms with Crippen LogP contribution in [0.15, 0.2) is 108 Å². The van der Waals surface area contributed by atoms with Gasteiger partial charge in [-0.05, 0) is 47.0 Å². The molecular formula is C30H26O4S. The molecule has 1 aliphatic rings. The molecule has 4 aromatic carbocycles. The second kappa shape index (κ2) is 10.7. The van der Waals surface area contributed by atoms with E-state index in [-0.39, 0.29) is 35.9 Å². The fourth-order valence-corrected chi connectivity index (χ4v) is 5.19. The fraction of sp³-hybridized carbons (Fsp3) is 0.167. The molecule has 1 N–H and O–H groups in total. The molecule has 0 fully saturated rings. The summed E-state index contributed by atoms with van der Waals surface area (Å²) in [6, 6.07) is 33.6. The Labute approximate surface area is 209 Å². The summed E-state index contributed by atoms with van der Waals surface area (Å²) in [6.45, 7) is 0.853. The van der Waals surface area contributed by atoms with Crippen molar-refractivity contribution in [2.45, 2.75) is 23.3 Å². The molecule has 4 aromatic rings. The highest BCUT2D eigenvalue weighted by Gasteiger charge is 2.33. The van der Waals surface area contributed by atoms with Crippen LogP contribution in [0.25, 0.3) is 0 Å². The van der Waals surface area contributed by atoms with E-state index in [9.17, 15) is 9.90 Å². The average Bonchev–Trinajstić information content (AvgIpc) is 2.91. The zero-order valence-electron chi connectivity index (χ0n) is 19.2. The Morgan fingerprint density at radius 2 is 1.60 bits per heavy atom. The molecule has 2 unspecified atom stereocenters. The summed E-state index contributed by atoms with van der Waals surface area (Å²) in [6.07, 6.45) is 0. The molecule has 5 heteroatoms. The smallest absolute Gasteiger partial charge is 0.316 e. The first-order valence-corrected chi connectivity index (χ1v) is 12.6. The minimum Gasteiger partial charge on any atom is -0.508 e. The summed E-state index contributed by atoms with van der Waals surface area (Å²) < 4.78 is 11.5. The molecule has 0 saturated carbocycles. The van der Waals surface area contributed by atoms with Gasteiger partial charge in [0.05, 0.1) is 12.4 Å². The highest BCUT2D eigenvalue weighted by atomic mass is 32.2. The van der Waals surface area contributed by atoms with Crippen LogP contribution < -0.4 is 4.74 Å². The third-order valence-corrected chi connectivity index (χ3v) is 7.20. The van der Waals surface area contributed by atoms with Gasteiger partial charge in [-0.3, -0.25) is 4.79 Å². The molecule has 0 bridgehead atoms. The van der Waals surface area contributed by atoms with Gasteiger partial charge in [-0.15, -0.1) is 11.8 Å². The summed E-state index contributed by atoms with van der Waals surface area (Å²) >= 11 is 1.47. The summed E-state index contributed by atoms with van der Waals surface area (Å²) in [4.78, 5) is 13.2. The molecule has 4 nitrogen and oxygen atoms in total. The normalized spacial score (nSPS) is 16.7. The summed E-state index contributed by atoms with van der Waals surface area (Å²) in [5, 5.41) is 10.2. The molecule has 2 atom stereocenters. The van der Waals surface area contributed by atoms with E-state index in [2.05, 4.69) is 24.3 Å². The van der Waals surface area contributed by atoms with Crippen LogP contribution in [0.2, 0.25) is 0 Å². The van der Waals surface area contributed by atoms with E-state index in [4.69, 9.17) is 9.47 Å². The largest absolute Gasteiger partial charge is 0.508 e. The Morgan fingerprint density at radius 1 is 0.886 bits per heavy atom. The van der Waals surface area contributed by atoms with Crippen molar-refractivity contribution in [3.05, 3.63) is 125 Å². The van der Waals surface area contributed by atoms with E-state index in [1.165, 1.54) is 17.3 Å². The van der Waals surface area contributed by atoms with Gasteiger partial charge in [0.2, 0.25) is 0 Å². The van der Waals surface area contributed by atoms with Gasteiger partial charge >= 0.3 is 5.97 Å². The molecule has 0 aromatic heterocycles. The topological polar surface area (TPSA) is 55.8 Å². The Bertz CT molecular complexity index is 1270. The number of phenols is 1. The van der Waals surface area contributed by atoms with Crippen LogP contribution in [-0.2, 0) is 16.1 Å². The molecule has 0 saturated heterocycles. The number of carbonyl (C=O) groups excluding carboxylic acids is 1. The first-order chi connectivity index (χ1) is 17.2. The van der Waals surface area contributed by atoms with Crippen LogP contribution in [0.3, 0.4) is 0 Å². The van der Waals surface area contributed by atoms with Gasteiger partial charge in [-0.1, -0.05) is 72.8 Å². The quantitative estimate of drug-likeness (QED) is 0.240. The number of fused-ring (bicyclic) bond motifs is 1. The summed E-state index contributed by atoms with van der Waals surface area (Å²) in [5.74, 6) is 1.22. The number of esters is 1. The minimum atomic E-state index is -0.235. The Kier molecular flexibility index (Phi) is 7.05. The lowest BCUT2D eigenvalue weighted by atomic mass is 9.76. The molecule has 5 rings (SSSR count). The maximum atomic E-state index is 12.2. The number of benzene rings is 4. The lowest BCUT2D eigenvalue weighted by molar-refractivity contribution is -0.141. The number of thioether (sulfide) groups is 1. The van der Waals surface area contributed by atoms with E-state index in [0.29, 0.717) is 6.61 Å². The van der Waals surface area contributed by atoms with Gasteiger partial charge in [-0.25, -0.2) is 0 Å². The second-order valence-electron chi connectivity index (χ2n) is 8.53. The van der Waals surface area contributed by atoms with Gasteiger partial charge in [0, 0.05) is 22.3 Å². The van der Waals surface area contributed by atoms with Crippen molar-refractivity contribution in [3.63, 3.8) is 0 Å². The SMILES string of the molecule is O=C(CSc1ccc(C2c3cc(O)ccc3OCC2c2ccccc2)cc1)OCc1ccccc1. The average molecular weight is 483 g/mol. The Hall–Kier alpha value is -3.70. The maximum absolute atomic E-state index is 12.2. The number of hydrogen-bond donors (Lipinski definition) is 1. The van der Waals surface area contributed by atoms with Crippen molar-refractivity contribution in [2.75, 3.05) is 12.4 Å². The van der Waals surface area contributed by atoms with E-state index >= 15 is 0 Å². The predicted octanol–water partition coefficient (Wildman–Crippen LogP) is 6.54. The van der Waals surface area contributed by atoms with Gasteiger partial charge in [0.1, 0.15) is 18.1 Å². The van der Waals surface area contributed by atoms with E-state index in [1.807, 2.05) is 66.7 Å². The van der Waals surface area contributed by atoms with Crippen molar-refractivity contribution >= 4 is 17.7 Å². The van der Waals surface area contributed by atoms with Crippen molar-refractivity contribution in [1.29, 1.82) is 0 Å². The Balaban J connectivity index is 1.31. The van der Waals surface area contributed by atoms with Gasteiger partial charge in [0.15, 0.2) is 0 Å². The molecule has 0 aliphatic carbocycles. The van der Waals surface area contributed by atoms with Gasteiger partial charge < -0.3 is 14.6 Å². The van der Waals surface area contributed by atoms with Crippen LogP contribution in [0.1, 0.15) is 34.1 Å². The van der Waals surface area contributed by atoms with E-state index < -0.39 is 0 Å². The van der Waals surface area contributed by atoms with Gasteiger partial charge in [-0.2, -0.15) is 0 Å². The molecule has 35 heavy (non-hydrogen) atoms. The summed E-state index contributed by atoms with van der Waals surface area (Å²) in [5.41, 5.74) is 4.30. The lowest BCUT2D eigenvalue weighted by Crippen LogP contribution is -2.25. The molecule has 0 amide bonds. The third kappa shape index (κ3) is 5.52. The fourth-order valence-electron chi connectivity index (χ4n) is 4.50. The third-order valence-electron chi connectivity index (χ3n) is 6.22. The van der Waals surface area contributed by atoms with E-state index in [0.717, 1.165) is 27.3 Å². The highest BCUT2D eigenvalue weighted by molar-refractivity contribution is 8.00. The first-order valence-electron chi connectivity index (χ1n) is 11.6. The van der Waals surface area contributed by atoms with Crippen molar-refractivity contribution in [3.8, 4) is 11.5 Å². The monoisotopic (exact) mass is 482 g/mol. The maximum Gasteiger partial charge on any atom is 0.316 e. The van der Waals surface area contributed by atoms with Crippen LogP contribution in [0.5, 0.6) is 11.5 Å². The van der Waals surface area contributed by atoms with Gasteiger partial charge in [0.25, 0.3) is 0 Å². The summed E-state index contributed by atoms with van der Waals surface area (Å²) in [7, 11) is 0. The minimum absolute atomic E-state index is 0.0446. The number of hydrogen-bond acceptors (Lipinski definition) is 5. The second-order valence-corrected chi connectivity index (χ2v) is 9.58. The standard InChI is InChI=1S/C30H26O4S/c31-24-13-16-28-26(17-24)30(27(19-33-28)22-9-5-2-6-10-22)23-11-14-25(15-12-23)35-20-29(32)34-18-21-7-3-1-4-8-21/h1-17,27,30-31H,18-20H2. The Morgan fingerprint density at radius 3 is 2.34 bits per heavy atom. The molecule has 1 heterocycles. The number of aromatic hydroxyl groups is 1. The molecule has 1 aliphatic heterocycles. The zero-order chi connectivity index (χ0) is 24.0. The van der Waals surface area contributed by atoms with E-state index in [1.54, 1.807) is 12.1 Å². The predicted molar refractivity (Wildman–Crippen MR) is 138 cm³/mol. The van der Waals surface area contributed by atoms with Crippen LogP contribution >= 0.6 is 11.8 Å². The van der Waals surface area contributed by atoms with Crippen molar-refractivity contribution in [1.82, 2.24) is 0 Å². The molecular weight excluding hydrogens is 456 g/mol. The van der Waals surface area contributed by atoms with Crippen LogP contribution in [0, 0.1) is 0 Å². The zero-order valence-corrected chi connectivity index (χ0v) is 20.0. The number of carbonyl (C=O) groups is 1. The van der Waals surface area contributed by atoms with Crippen LogP contribution in [-0.4, -0.2) is 23.4 Å². The van der Waals surface area contributed by atoms with Crippen molar-refractivity contribution < 1.29 is 19.4 Å². The first kappa shape index (κ1) is 23.1. The molecule has 0 spiro atoms. The molecule has 0 radical (unpaired) electrons. The van der Waals surface area contributed by atoms with Crippen LogP contribution in [0.4, 0.5) is 0 Å². The number of phenolic OH excluding ortho intramolecular Hbond substituents is 1. The highest BCUT2D eigenvalue weighted by Crippen LogP contribution is 2.47. The number of rotatable bonds is 7. The van der Waals surface area contributed by atoms with Crippen molar-refractivity contribution in [2.24, 2.45) is 0 Å². The molecule has 176 valence electrons. The number of ether oxygens (including phenoxy) is 2.